The third kappa shape index (κ3) is 4.31. The Morgan fingerprint density at radius 2 is 2.00 bits per heavy atom. The zero-order chi connectivity index (χ0) is 7.11. The Bertz CT molecular complexity index is 139. The molecule has 52 valence electrons. The molecule has 10 heavy (non-hydrogen) atoms. The van der Waals surface area contributed by atoms with Crippen LogP contribution in [0.1, 0.15) is 19.5 Å². The van der Waals surface area contributed by atoms with Gasteiger partial charge in [0, 0.05) is 0 Å². The molecule has 1 aromatic heterocycles. The second-order valence-electron chi connectivity index (χ2n) is 1.37. The standard InChI is InChI=1S/C6H6N.C2H6.Rf/c1-6-4-2-3-5-7-6;1-2;/h2-3,5H,1H3;1-2H3;/q-1;;. The fourth-order valence-corrected chi connectivity index (χ4v) is 0.404. The van der Waals surface area contributed by atoms with Crippen LogP contribution >= 0.6 is 0 Å². The van der Waals surface area contributed by atoms with Crippen LogP contribution in [0.15, 0.2) is 18.3 Å². The molecule has 1 aromatic rings. The zero-order valence-corrected chi connectivity index (χ0v) is 13.3. The molecule has 0 aliphatic carbocycles. The van der Waals surface area contributed by atoms with Crippen LogP contribution in [0.2, 0.25) is 0 Å². The van der Waals surface area contributed by atoms with E-state index in [1.807, 2.05) is 32.9 Å². The fraction of sp³-hybridized carbons (Fsp3) is 0.375. The van der Waals surface area contributed by atoms with Gasteiger partial charge in [0.05, 0.1) is 0 Å². The van der Waals surface area contributed by atoms with E-state index in [-0.39, 0.29) is 0 Å². The van der Waals surface area contributed by atoms with Gasteiger partial charge in [-0.2, -0.15) is 6.07 Å². The molecule has 0 aliphatic heterocycles. The number of aromatic nitrogens is 1. The van der Waals surface area contributed by atoms with Crippen molar-refractivity contribution in [3.05, 3.63) is 30.1 Å². The summed E-state index contributed by atoms with van der Waals surface area (Å²) in [6, 6.07) is 6.62. The van der Waals surface area contributed by atoms with Crippen molar-refractivity contribution in [3.8, 4) is 0 Å². The fourth-order valence-electron chi connectivity index (χ4n) is 0.404. The number of nitrogens with zero attached hydrogens (tertiary/aromatic N) is 1. The van der Waals surface area contributed by atoms with Crippen molar-refractivity contribution >= 4 is 0 Å². The molecular formula is C8H12NRf-. The Hall–Kier alpha value is -1.85. The maximum absolute atomic E-state index is 3.92. The molecule has 0 saturated heterocycles. The van der Waals surface area contributed by atoms with Gasteiger partial charge in [0.25, 0.3) is 0 Å². The van der Waals surface area contributed by atoms with Gasteiger partial charge in [0.1, 0.15) is 0 Å². The van der Waals surface area contributed by atoms with Crippen LogP contribution in [0.4, 0.5) is 0 Å². The molecule has 0 spiro atoms. The Morgan fingerprint density at radius 3 is 2.20 bits per heavy atom. The summed E-state index contributed by atoms with van der Waals surface area (Å²) in [6.07, 6.45) is 1.76. The molecule has 2 heteroatoms. The van der Waals surface area contributed by atoms with Crippen LogP contribution in [-0.4, -0.2) is 4.98 Å². The van der Waals surface area contributed by atoms with Gasteiger partial charge in [0.15, 0.2) is 0 Å². The largest absolute Gasteiger partial charge is 0.301 e. The van der Waals surface area contributed by atoms with Gasteiger partial charge in [-0.15, -0.1) is 0 Å². The first-order valence-electron chi connectivity index (χ1n) is 3.19. The van der Waals surface area contributed by atoms with E-state index in [0.29, 0.717) is 0 Å². The van der Waals surface area contributed by atoms with E-state index in [9.17, 15) is 0 Å². The summed E-state index contributed by atoms with van der Waals surface area (Å²) in [5.74, 6) is 0. The maximum Gasteiger partial charge on any atom is 0 e. The summed E-state index contributed by atoms with van der Waals surface area (Å²) in [5.41, 5.74) is 0.947. The van der Waals surface area contributed by atoms with Gasteiger partial charge in [0.2, 0.25) is 0 Å². The van der Waals surface area contributed by atoms with Crippen LogP contribution in [0.3, 0.4) is 0 Å². The van der Waals surface area contributed by atoms with Crippen LogP contribution in [0, 0.1) is 13.0 Å². The smallest absolute Gasteiger partial charge is 0 e. The van der Waals surface area contributed by atoms with Crippen molar-refractivity contribution in [1.82, 2.24) is 4.98 Å². The summed E-state index contributed by atoms with van der Waals surface area (Å²) in [6.45, 7) is 5.92. The van der Waals surface area contributed by atoms with Crippen LogP contribution in [0.25, 0.3) is 0 Å². The molecule has 0 unspecified atom stereocenters. The number of pyridine rings is 1. The van der Waals surface area contributed by atoms with Crippen LogP contribution < -0.4 is 0 Å². The van der Waals surface area contributed by atoms with E-state index in [4.69, 9.17) is 0 Å². The summed E-state index contributed by atoms with van der Waals surface area (Å²) >= 11 is 0. The van der Waals surface area contributed by atoms with E-state index >= 15 is 0 Å². The number of rotatable bonds is 0. The van der Waals surface area contributed by atoms with Gasteiger partial charge >= 0.3 is 0 Å². The summed E-state index contributed by atoms with van der Waals surface area (Å²) in [7, 11) is 0. The summed E-state index contributed by atoms with van der Waals surface area (Å²) in [4.78, 5) is 3.92. The first kappa shape index (κ1) is 11.0. The minimum atomic E-state index is 0. The average molecular weight is 389 g/mol. The van der Waals surface area contributed by atoms with E-state index in [2.05, 4.69) is 11.1 Å². The van der Waals surface area contributed by atoms with Gasteiger partial charge in [-0.3, -0.25) is 0 Å². The Kier molecular flexibility index (Phi) is 7.88. The first-order chi connectivity index (χ1) is 4.39. The van der Waals surface area contributed by atoms with Crippen molar-refractivity contribution in [1.29, 1.82) is 0 Å². The van der Waals surface area contributed by atoms with Crippen molar-refractivity contribution in [2.75, 3.05) is 0 Å². The SMILES string of the molecule is CC.Cc1[c-]cccn1.[Rf]. The molecule has 0 fully saturated rings. The number of hydrogen-bond acceptors (Lipinski definition) is 1. The number of hydrogen-bond donors (Lipinski definition) is 0. The summed E-state index contributed by atoms with van der Waals surface area (Å²) in [5, 5.41) is 0. The molecule has 0 atom stereocenters. The van der Waals surface area contributed by atoms with Gasteiger partial charge in [-0.1, -0.05) is 25.7 Å². The Morgan fingerprint density at radius 1 is 1.40 bits per heavy atom. The third-order valence-electron chi connectivity index (χ3n) is 0.743. The molecule has 0 amide bonds. The van der Waals surface area contributed by atoms with E-state index in [0.717, 1.165) is 5.69 Å². The predicted octanol–water partition coefficient (Wildman–Crippen LogP) is 2.22. The average Bonchev–Trinajstić information content (AvgIpc) is 1.94. The Balaban J connectivity index is 0. The summed E-state index contributed by atoms with van der Waals surface area (Å²) < 4.78 is 0. The Labute approximate surface area is 56.8 Å². The van der Waals surface area contributed by atoms with Crippen molar-refractivity contribution in [2.45, 2.75) is 20.8 Å². The van der Waals surface area contributed by atoms with Crippen molar-refractivity contribution in [3.63, 3.8) is 0 Å². The molecule has 0 bridgehead atoms. The van der Waals surface area contributed by atoms with Gasteiger partial charge in [-0.25, -0.2) is 12.1 Å². The van der Waals surface area contributed by atoms with Crippen LogP contribution in [-0.2, 0) is 0 Å². The third-order valence-corrected chi connectivity index (χ3v) is 0.743. The molecule has 0 aromatic carbocycles. The molecule has 0 aliphatic rings. The van der Waals surface area contributed by atoms with Crippen LogP contribution in [0.5, 0.6) is 0 Å². The zero-order valence-electron chi connectivity index (χ0n) is 6.89. The monoisotopic (exact) mass is 389 g/mol. The first-order valence-corrected chi connectivity index (χ1v) is 3.19. The molecule has 0 N–H and O–H groups in total. The topological polar surface area (TPSA) is 12.9 Å². The maximum atomic E-state index is 3.92. The molecule has 1 rings (SSSR count). The van der Waals surface area contributed by atoms with Gasteiger partial charge in [-0.05, 0) is 6.92 Å². The van der Waals surface area contributed by atoms with Crippen molar-refractivity contribution in [2.24, 2.45) is 0 Å². The molecular weight excluding hydrogens is 377 g/mol. The normalized spacial score (nSPS) is 6.70. The number of aryl methyl sites for hydroxylation is 1. The van der Waals surface area contributed by atoms with E-state index in [1.165, 1.54) is 0 Å². The minimum Gasteiger partial charge on any atom is -0.301 e. The quantitative estimate of drug-likeness (QED) is 0.621. The van der Waals surface area contributed by atoms with E-state index in [1.54, 1.807) is 6.20 Å². The molecule has 1 heterocycles. The minimum absolute atomic E-state index is 0. The second kappa shape index (κ2) is 7.15. The predicted molar refractivity (Wildman–Crippen MR) is 39.2 cm³/mol. The van der Waals surface area contributed by atoms with E-state index < -0.39 is 0 Å². The molecule has 0 saturated carbocycles. The molecule has 1 nitrogen and oxygen atoms in total. The van der Waals surface area contributed by atoms with Gasteiger partial charge < -0.3 is 4.98 Å². The molecule has 0 radical (unpaired) electrons. The second-order valence-corrected chi connectivity index (χ2v) is 1.37. The van der Waals surface area contributed by atoms with Crippen molar-refractivity contribution < 1.29 is 0 Å².